The van der Waals surface area contributed by atoms with Gasteiger partial charge in [-0.2, -0.15) is 13.2 Å². The van der Waals surface area contributed by atoms with Crippen LogP contribution in [0.4, 0.5) is 18.9 Å². The molecule has 0 fully saturated rings. The average Bonchev–Trinajstić information content (AvgIpc) is 2.59. The number of carbonyl (C=O) groups is 1. The molecule has 0 aliphatic rings. The number of hydrogen-bond donors (Lipinski definition) is 1. The van der Waals surface area contributed by atoms with Gasteiger partial charge in [0.1, 0.15) is 0 Å². The fraction of sp³-hybridized carbons (Fsp3) is 0.200. The van der Waals surface area contributed by atoms with E-state index in [9.17, 15) is 18.0 Å². The molecule has 1 aromatic heterocycles. The van der Waals surface area contributed by atoms with E-state index in [4.69, 9.17) is 0 Å². The maximum absolute atomic E-state index is 12.9. The molecule has 142 valence electrons. The zero-order valence-corrected chi connectivity index (χ0v) is 16.0. The van der Waals surface area contributed by atoms with Crippen molar-refractivity contribution in [2.45, 2.75) is 26.9 Å². The summed E-state index contributed by atoms with van der Waals surface area (Å²) in [6.45, 7) is 8.82. The lowest BCUT2D eigenvalue weighted by Gasteiger charge is -2.15. The minimum Gasteiger partial charge on any atom is -0.321 e. The minimum absolute atomic E-state index is 0.308. The quantitative estimate of drug-likeness (QED) is 0.617. The van der Waals surface area contributed by atoms with Gasteiger partial charge >= 0.3 is 6.18 Å². The Kier molecular flexibility index (Phi) is 6.49. The van der Waals surface area contributed by atoms with Gasteiger partial charge in [-0.1, -0.05) is 42.1 Å². The summed E-state index contributed by atoms with van der Waals surface area (Å²) in [4.78, 5) is 17.1. The molecule has 0 bridgehead atoms. The fourth-order valence-electron chi connectivity index (χ4n) is 2.47. The predicted molar refractivity (Wildman–Crippen MR) is 104 cm³/mol. The Bertz CT molecular complexity index is 900. The molecule has 0 atom stereocenters. The molecule has 2 aromatic rings. The molecule has 1 N–H and O–H groups in total. The van der Waals surface area contributed by atoms with Crippen LogP contribution in [0.15, 0.2) is 59.0 Å². The number of alkyl halides is 3. The Balaban J connectivity index is 2.44. The second-order valence-electron chi connectivity index (χ2n) is 6.00. The van der Waals surface area contributed by atoms with E-state index in [0.717, 1.165) is 17.8 Å². The molecule has 1 amide bonds. The van der Waals surface area contributed by atoms with Gasteiger partial charge in [-0.05, 0) is 43.9 Å². The lowest BCUT2D eigenvalue weighted by Crippen LogP contribution is -2.14. The second-order valence-corrected chi connectivity index (χ2v) is 6.98. The number of carbonyl (C=O) groups excluding carboxylic acids is 1. The Hall–Kier alpha value is -2.54. The molecule has 0 spiro atoms. The first-order chi connectivity index (χ1) is 12.6. The van der Waals surface area contributed by atoms with Gasteiger partial charge in [0.25, 0.3) is 5.91 Å². The highest BCUT2D eigenvalue weighted by atomic mass is 32.2. The summed E-state index contributed by atoms with van der Waals surface area (Å²) in [5.74, 6) is -0.308. The number of halogens is 3. The number of hydrogen-bond acceptors (Lipinski definition) is 3. The maximum Gasteiger partial charge on any atom is 0.417 e. The first kappa shape index (κ1) is 20.8. The van der Waals surface area contributed by atoms with E-state index in [1.165, 1.54) is 11.8 Å². The van der Waals surface area contributed by atoms with Crippen LogP contribution in [0.3, 0.4) is 0 Å². The summed E-state index contributed by atoms with van der Waals surface area (Å²) in [5.41, 5.74) is 1.80. The zero-order valence-electron chi connectivity index (χ0n) is 15.1. The molecular weight excluding hydrogens is 373 g/mol. The lowest BCUT2D eigenvalue weighted by molar-refractivity contribution is -0.137. The number of para-hydroxylation sites is 1. The second kappa shape index (κ2) is 8.43. The Morgan fingerprint density at radius 1 is 1.26 bits per heavy atom. The van der Waals surface area contributed by atoms with Crippen molar-refractivity contribution < 1.29 is 18.0 Å². The number of nitrogens with one attached hydrogen (secondary N) is 1. The molecule has 2 rings (SSSR count). The van der Waals surface area contributed by atoms with Crippen molar-refractivity contribution in [1.29, 1.82) is 0 Å². The van der Waals surface area contributed by atoms with Crippen LogP contribution in [-0.2, 0) is 11.0 Å². The van der Waals surface area contributed by atoms with Crippen LogP contribution < -0.4 is 5.32 Å². The molecule has 7 heteroatoms. The van der Waals surface area contributed by atoms with Gasteiger partial charge in [0.05, 0.1) is 21.8 Å². The summed E-state index contributed by atoms with van der Waals surface area (Å²) < 4.78 is 38.6. The number of nitrogens with zero attached hydrogens (tertiary/aromatic N) is 1. The standard InChI is InChI=1S/C20H19F3N2OS/c1-5-27-18(12(2)3)19(26)25-16-9-7-6-8-15(16)17-13(4)10-14(11-24-17)20(21,22)23/h5-11H,1H2,2-4H3,(H,25,26). The van der Waals surface area contributed by atoms with Crippen LogP contribution in [0.1, 0.15) is 25.0 Å². The van der Waals surface area contributed by atoms with Gasteiger partial charge in [0.2, 0.25) is 0 Å². The van der Waals surface area contributed by atoms with Gasteiger partial charge in [0.15, 0.2) is 0 Å². The van der Waals surface area contributed by atoms with Crippen molar-refractivity contribution in [3.63, 3.8) is 0 Å². The summed E-state index contributed by atoms with van der Waals surface area (Å²) in [6.07, 6.45) is -3.65. The van der Waals surface area contributed by atoms with Gasteiger partial charge in [-0.15, -0.1) is 0 Å². The number of amides is 1. The van der Waals surface area contributed by atoms with Crippen molar-refractivity contribution in [1.82, 2.24) is 4.98 Å². The number of aryl methyl sites for hydroxylation is 1. The number of rotatable bonds is 5. The third-order valence-electron chi connectivity index (χ3n) is 3.70. The largest absolute Gasteiger partial charge is 0.417 e. The number of anilines is 1. The fourth-order valence-corrected chi connectivity index (χ4v) is 3.03. The monoisotopic (exact) mass is 392 g/mol. The van der Waals surface area contributed by atoms with E-state index in [1.807, 2.05) is 13.8 Å². The maximum atomic E-state index is 12.9. The topological polar surface area (TPSA) is 42.0 Å². The Morgan fingerprint density at radius 2 is 1.93 bits per heavy atom. The van der Waals surface area contributed by atoms with Crippen LogP contribution in [0.5, 0.6) is 0 Å². The smallest absolute Gasteiger partial charge is 0.321 e. The molecule has 0 aliphatic carbocycles. The van der Waals surface area contributed by atoms with Crippen molar-refractivity contribution in [2.24, 2.45) is 0 Å². The van der Waals surface area contributed by atoms with E-state index >= 15 is 0 Å². The first-order valence-corrected chi connectivity index (χ1v) is 8.92. The average molecular weight is 392 g/mol. The molecule has 0 radical (unpaired) electrons. The van der Waals surface area contributed by atoms with Crippen molar-refractivity contribution in [2.75, 3.05) is 5.32 Å². The van der Waals surface area contributed by atoms with Gasteiger partial charge in [-0.3, -0.25) is 9.78 Å². The molecule has 1 heterocycles. The number of pyridine rings is 1. The number of benzene rings is 1. The van der Waals surface area contributed by atoms with Crippen LogP contribution in [0.25, 0.3) is 11.3 Å². The number of aromatic nitrogens is 1. The highest BCUT2D eigenvalue weighted by Crippen LogP contribution is 2.34. The van der Waals surface area contributed by atoms with Crippen LogP contribution in [0.2, 0.25) is 0 Å². The summed E-state index contributed by atoms with van der Waals surface area (Å²) in [5, 5.41) is 4.38. The highest BCUT2D eigenvalue weighted by molar-refractivity contribution is 8.06. The highest BCUT2D eigenvalue weighted by Gasteiger charge is 2.31. The first-order valence-electron chi connectivity index (χ1n) is 8.04. The molecular formula is C20H19F3N2OS. The van der Waals surface area contributed by atoms with Gasteiger partial charge in [0, 0.05) is 11.8 Å². The Morgan fingerprint density at radius 3 is 2.48 bits per heavy atom. The van der Waals surface area contributed by atoms with Crippen molar-refractivity contribution >= 4 is 23.4 Å². The van der Waals surface area contributed by atoms with Crippen LogP contribution in [-0.4, -0.2) is 10.9 Å². The van der Waals surface area contributed by atoms with Gasteiger partial charge in [-0.25, -0.2) is 0 Å². The molecule has 27 heavy (non-hydrogen) atoms. The Labute approximate surface area is 160 Å². The lowest BCUT2D eigenvalue weighted by atomic mass is 10.0. The third kappa shape index (κ3) is 5.01. The van der Waals surface area contributed by atoms with E-state index < -0.39 is 11.7 Å². The molecule has 0 saturated heterocycles. The van der Waals surface area contributed by atoms with Crippen LogP contribution in [0, 0.1) is 6.92 Å². The molecule has 0 aliphatic heterocycles. The van der Waals surface area contributed by atoms with E-state index in [-0.39, 0.29) is 5.91 Å². The summed E-state index contributed by atoms with van der Waals surface area (Å²) >= 11 is 1.21. The normalized spacial score (nSPS) is 11.0. The van der Waals surface area contributed by atoms with E-state index in [0.29, 0.717) is 27.4 Å². The SMILES string of the molecule is C=CSC(C(=O)Nc1ccccc1-c1ncc(C(F)(F)F)cc1C)=C(C)C. The summed E-state index contributed by atoms with van der Waals surface area (Å²) in [7, 11) is 0. The third-order valence-corrected chi connectivity index (χ3v) is 4.69. The number of thioether (sulfide) groups is 1. The van der Waals surface area contributed by atoms with E-state index in [2.05, 4.69) is 16.9 Å². The molecule has 1 aromatic carbocycles. The molecule has 0 saturated carbocycles. The molecule has 3 nitrogen and oxygen atoms in total. The minimum atomic E-state index is -4.45. The van der Waals surface area contributed by atoms with Gasteiger partial charge < -0.3 is 5.32 Å². The summed E-state index contributed by atoms with van der Waals surface area (Å²) in [6, 6.07) is 7.93. The zero-order chi connectivity index (χ0) is 20.2. The van der Waals surface area contributed by atoms with Crippen LogP contribution >= 0.6 is 11.8 Å². The van der Waals surface area contributed by atoms with Crippen molar-refractivity contribution in [3.05, 3.63) is 70.1 Å². The van der Waals surface area contributed by atoms with Crippen molar-refractivity contribution in [3.8, 4) is 11.3 Å². The number of allylic oxidation sites excluding steroid dienone is 1. The van der Waals surface area contributed by atoms with E-state index in [1.54, 1.807) is 36.6 Å². The predicted octanol–water partition coefficient (Wildman–Crippen LogP) is 6.18. The molecule has 0 unspecified atom stereocenters.